The van der Waals surface area contributed by atoms with Crippen LogP contribution in [0, 0.1) is 0 Å². The summed E-state index contributed by atoms with van der Waals surface area (Å²) in [6, 6.07) is 6.73. The first-order chi connectivity index (χ1) is 8.96. The van der Waals surface area contributed by atoms with Crippen LogP contribution in [0.2, 0.25) is 0 Å². The third-order valence-corrected chi connectivity index (χ3v) is 3.87. The summed E-state index contributed by atoms with van der Waals surface area (Å²) in [5.41, 5.74) is 6.83. The molecule has 7 heteroatoms. The molecule has 0 spiro atoms. The average molecular weight is 288 g/mol. The lowest BCUT2D eigenvalue weighted by molar-refractivity contribution is 0.0320. The highest BCUT2D eigenvalue weighted by molar-refractivity contribution is 7.88. The second kappa shape index (κ2) is 7.44. The Bertz CT molecular complexity index is 473. The second-order valence-corrected chi connectivity index (χ2v) is 5.97. The Kier molecular flexibility index (Phi) is 6.23. The summed E-state index contributed by atoms with van der Waals surface area (Å²) in [7, 11) is -0.349. The van der Waals surface area contributed by atoms with Crippen molar-refractivity contribution in [2.45, 2.75) is 11.9 Å². The maximum absolute atomic E-state index is 11.9. The first-order valence-electron chi connectivity index (χ1n) is 5.80. The van der Waals surface area contributed by atoms with Crippen molar-refractivity contribution >= 4 is 15.7 Å². The van der Waals surface area contributed by atoms with E-state index in [-0.39, 0.29) is 18.4 Å². The van der Waals surface area contributed by atoms with Crippen LogP contribution in [-0.4, -0.2) is 41.9 Å². The minimum atomic E-state index is -3.40. The highest BCUT2D eigenvalue weighted by Crippen LogP contribution is 2.08. The molecule has 3 N–H and O–H groups in total. The van der Waals surface area contributed by atoms with E-state index >= 15 is 0 Å². The molecular formula is C12H20N2O4S. The summed E-state index contributed by atoms with van der Waals surface area (Å²) in [6.07, 6.45) is -0.300. The van der Waals surface area contributed by atoms with Crippen LogP contribution < -0.4 is 10.5 Å². The third-order valence-electron chi connectivity index (χ3n) is 2.55. The van der Waals surface area contributed by atoms with Crippen LogP contribution in [0.4, 0.5) is 5.69 Å². The molecule has 0 aromatic heterocycles. The topological polar surface area (TPSA) is 90.7 Å². The van der Waals surface area contributed by atoms with Gasteiger partial charge in [0.05, 0.1) is 18.5 Å². The quantitative estimate of drug-likeness (QED) is 0.674. The van der Waals surface area contributed by atoms with E-state index < -0.39 is 10.0 Å². The standard InChI is InChI=1S/C12H20N2O4S/c1-17-8-12(18-2)7-14-19(15,16)9-10-3-5-11(13)6-4-10/h3-6,12,14H,7-9,13H2,1-2H3. The van der Waals surface area contributed by atoms with Crippen molar-refractivity contribution in [2.24, 2.45) is 0 Å². The van der Waals surface area contributed by atoms with Crippen LogP contribution in [0.5, 0.6) is 0 Å². The van der Waals surface area contributed by atoms with Crippen molar-refractivity contribution in [3.63, 3.8) is 0 Å². The number of rotatable bonds is 8. The highest BCUT2D eigenvalue weighted by atomic mass is 32.2. The summed E-state index contributed by atoms with van der Waals surface area (Å²) >= 11 is 0. The monoisotopic (exact) mass is 288 g/mol. The molecule has 0 aliphatic rings. The summed E-state index contributed by atoms with van der Waals surface area (Å²) < 4.78 is 36.2. The Morgan fingerprint density at radius 1 is 1.26 bits per heavy atom. The number of sulfonamides is 1. The zero-order chi connectivity index (χ0) is 14.3. The van der Waals surface area contributed by atoms with Crippen molar-refractivity contribution in [2.75, 3.05) is 33.1 Å². The van der Waals surface area contributed by atoms with Crippen LogP contribution in [0.1, 0.15) is 5.56 Å². The van der Waals surface area contributed by atoms with Gasteiger partial charge in [-0.1, -0.05) is 12.1 Å². The van der Waals surface area contributed by atoms with E-state index in [1.54, 1.807) is 24.3 Å². The van der Waals surface area contributed by atoms with E-state index in [4.69, 9.17) is 15.2 Å². The van der Waals surface area contributed by atoms with Crippen molar-refractivity contribution in [3.8, 4) is 0 Å². The predicted molar refractivity (Wildman–Crippen MR) is 74.2 cm³/mol. The normalized spacial score (nSPS) is 13.4. The SMILES string of the molecule is COCC(CNS(=O)(=O)Cc1ccc(N)cc1)OC. The van der Waals surface area contributed by atoms with Gasteiger partial charge in [0.15, 0.2) is 0 Å². The number of methoxy groups -OCH3 is 2. The molecule has 0 saturated carbocycles. The van der Waals surface area contributed by atoms with Gasteiger partial charge >= 0.3 is 0 Å². The van der Waals surface area contributed by atoms with Crippen LogP contribution in [0.15, 0.2) is 24.3 Å². The van der Waals surface area contributed by atoms with E-state index in [1.165, 1.54) is 14.2 Å². The Hall–Kier alpha value is -1.15. The smallest absolute Gasteiger partial charge is 0.215 e. The van der Waals surface area contributed by atoms with E-state index in [0.29, 0.717) is 17.9 Å². The number of hydrogen-bond acceptors (Lipinski definition) is 5. The molecule has 0 heterocycles. The molecule has 6 nitrogen and oxygen atoms in total. The molecule has 0 bridgehead atoms. The second-order valence-electron chi connectivity index (χ2n) is 4.16. The van der Waals surface area contributed by atoms with Crippen LogP contribution >= 0.6 is 0 Å². The molecule has 0 aliphatic heterocycles. The third kappa shape index (κ3) is 6.02. The van der Waals surface area contributed by atoms with E-state index in [2.05, 4.69) is 4.72 Å². The van der Waals surface area contributed by atoms with Gasteiger partial charge in [-0.15, -0.1) is 0 Å². The van der Waals surface area contributed by atoms with Crippen molar-refractivity contribution in [1.82, 2.24) is 4.72 Å². The highest BCUT2D eigenvalue weighted by Gasteiger charge is 2.15. The fraction of sp³-hybridized carbons (Fsp3) is 0.500. The van der Waals surface area contributed by atoms with Gasteiger partial charge in [0.2, 0.25) is 10.0 Å². The number of nitrogens with two attached hydrogens (primary N) is 1. The van der Waals surface area contributed by atoms with Crippen LogP contribution in [0.25, 0.3) is 0 Å². The molecule has 0 amide bonds. The van der Waals surface area contributed by atoms with E-state index in [9.17, 15) is 8.42 Å². The molecule has 108 valence electrons. The molecule has 0 aliphatic carbocycles. The average Bonchev–Trinajstić information content (AvgIpc) is 2.37. The minimum absolute atomic E-state index is 0.0866. The molecule has 1 unspecified atom stereocenters. The number of hydrogen-bond donors (Lipinski definition) is 2. The van der Waals surface area contributed by atoms with Crippen LogP contribution in [-0.2, 0) is 25.2 Å². The Balaban J connectivity index is 2.54. The number of anilines is 1. The van der Waals surface area contributed by atoms with Crippen molar-refractivity contribution in [1.29, 1.82) is 0 Å². The van der Waals surface area contributed by atoms with Gasteiger partial charge in [-0.3, -0.25) is 0 Å². The molecule has 19 heavy (non-hydrogen) atoms. The summed E-state index contributed by atoms with van der Waals surface area (Å²) in [5, 5.41) is 0. The first-order valence-corrected chi connectivity index (χ1v) is 7.45. The number of benzene rings is 1. The van der Waals surface area contributed by atoms with Crippen molar-refractivity contribution < 1.29 is 17.9 Å². The minimum Gasteiger partial charge on any atom is -0.399 e. The van der Waals surface area contributed by atoms with Gasteiger partial charge < -0.3 is 15.2 Å². The van der Waals surface area contributed by atoms with Gasteiger partial charge in [0, 0.05) is 26.5 Å². The molecule has 1 aromatic rings. The lowest BCUT2D eigenvalue weighted by Gasteiger charge is -2.15. The fourth-order valence-corrected chi connectivity index (χ4v) is 2.67. The predicted octanol–water partition coefficient (Wildman–Crippen LogP) is 0.350. The lowest BCUT2D eigenvalue weighted by atomic mass is 10.2. The van der Waals surface area contributed by atoms with Gasteiger partial charge in [-0.05, 0) is 17.7 Å². The molecule has 1 aromatic carbocycles. The zero-order valence-electron chi connectivity index (χ0n) is 11.1. The summed E-state index contributed by atoms with van der Waals surface area (Å²) in [5.74, 6) is -0.0866. The van der Waals surface area contributed by atoms with Gasteiger partial charge in [0.1, 0.15) is 0 Å². The molecule has 0 radical (unpaired) electrons. The Morgan fingerprint density at radius 3 is 2.42 bits per heavy atom. The number of ether oxygens (including phenoxy) is 2. The maximum Gasteiger partial charge on any atom is 0.215 e. The molecule has 1 atom stereocenters. The molecular weight excluding hydrogens is 268 g/mol. The molecule has 0 saturated heterocycles. The van der Waals surface area contributed by atoms with Gasteiger partial charge in [-0.25, -0.2) is 13.1 Å². The summed E-state index contributed by atoms with van der Waals surface area (Å²) in [4.78, 5) is 0. The van der Waals surface area contributed by atoms with Gasteiger partial charge in [0.25, 0.3) is 0 Å². The maximum atomic E-state index is 11.9. The van der Waals surface area contributed by atoms with Crippen LogP contribution in [0.3, 0.4) is 0 Å². The molecule has 1 rings (SSSR count). The first kappa shape index (κ1) is 15.9. The summed E-state index contributed by atoms with van der Waals surface area (Å²) in [6.45, 7) is 0.516. The molecule has 0 fully saturated rings. The lowest BCUT2D eigenvalue weighted by Crippen LogP contribution is -2.36. The van der Waals surface area contributed by atoms with Crippen molar-refractivity contribution in [3.05, 3.63) is 29.8 Å². The largest absolute Gasteiger partial charge is 0.399 e. The number of nitrogen functional groups attached to an aromatic ring is 1. The Labute approximate surface area is 113 Å². The van der Waals surface area contributed by atoms with E-state index in [1.807, 2.05) is 0 Å². The van der Waals surface area contributed by atoms with Gasteiger partial charge in [-0.2, -0.15) is 0 Å². The van der Waals surface area contributed by atoms with E-state index in [0.717, 1.165) is 0 Å². The zero-order valence-corrected chi connectivity index (χ0v) is 11.9. The Morgan fingerprint density at radius 2 is 1.89 bits per heavy atom. The number of nitrogens with one attached hydrogen (secondary N) is 1. The fourth-order valence-electron chi connectivity index (χ4n) is 1.50.